The van der Waals surface area contributed by atoms with E-state index >= 15 is 0 Å². The molecule has 0 saturated carbocycles. The van der Waals surface area contributed by atoms with Crippen LogP contribution in [0.3, 0.4) is 0 Å². The predicted octanol–water partition coefficient (Wildman–Crippen LogP) is 4.60. The minimum absolute atomic E-state index is 0.245. The number of benzene rings is 1. The predicted molar refractivity (Wildman–Crippen MR) is 148 cm³/mol. The topological polar surface area (TPSA) is 90.0 Å². The van der Waals surface area contributed by atoms with Gasteiger partial charge in [0.2, 0.25) is 0 Å². The lowest BCUT2D eigenvalue weighted by atomic mass is 10.0. The fourth-order valence-electron chi connectivity index (χ4n) is 4.65. The quantitative estimate of drug-likeness (QED) is 0.382. The zero-order valence-electron chi connectivity index (χ0n) is 20.7. The van der Waals surface area contributed by atoms with Crippen LogP contribution in [-0.2, 0) is 9.71 Å². The Morgan fingerprint density at radius 1 is 1.23 bits per heavy atom. The highest BCUT2D eigenvalue weighted by molar-refractivity contribution is 7.98. The molecule has 1 saturated heterocycles. The summed E-state index contributed by atoms with van der Waals surface area (Å²) in [7, 11) is -2.05. The van der Waals surface area contributed by atoms with Crippen molar-refractivity contribution in [3.8, 4) is 11.1 Å². The highest BCUT2D eigenvalue weighted by atomic mass is 32.2. The molecule has 0 radical (unpaired) electrons. The third-order valence-electron chi connectivity index (χ3n) is 6.78. The van der Waals surface area contributed by atoms with Crippen LogP contribution >= 0.6 is 11.3 Å². The van der Waals surface area contributed by atoms with Crippen molar-refractivity contribution >= 4 is 53.3 Å². The van der Waals surface area contributed by atoms with E-state index in [2.05, 4.69) is 61.7 Å². The lowest BCUT2D eigenvalue weighted by molar-refractivity contribution is 0.360. The number of pyridine rings is 1. The molecule has 0 amide bonds. The third-order valence-corrected chi connectivity index (χ3v) is 10.1. The smallest absolute Gasteiger partial charge is 0.189 e. The molecule has 2 atom stereocenters. The first-order valence-electron chi connectivity index (χ1n) is 11.7. The van der Waals surface area contributed by atoms with Crippen molar-refractivity contribution < 1.29 is 4.21 Å². The van der Waals surface area contributed by atoms with E-state index in [1.165, 1.54) is 11.1 Å². The molecule has 1 fully saturated rings. The van der Waals surface area contributed by atoms with Crippen LogP contribution in [0, 0.1) is 13.8 Å². The molecule has 0 aliphatic carbocycles. The van der Waals surface area contributed by atoms with Gasteiger partial charge in [0.1, 0.15) is 5.82 Å². The van der Waals surface area contributed by atoms with Crippen molar-refractivity contribution in [2.45, 2.75) is 33.7 Å². The first-order chi connectivity index (χ1) is 16.8. The molecular weight excluding hydrogens is 478 g/mol. The molecule has 1 aliphatic rings. The Morgan fingerprint density at radius 3 is 2.77 bits per heavy atom. The monoisotopic (exact) mass is 509 g/mol. The van der Waals surface area contributed by atoms with Crippen molar-refractivity contribution in [2.24, 2.45) is 0 Å². The maximum absolute atomic E-state index is 12.8. The number of aromatic amines is 1. The summed E-state index contributed by atoms with van der Waals surface area (Å²) < 4.78 is 16.0. The molecule has 2 unspecified atom stereocenters. The maximum atomic E-state index is 12.8. The van der Waals surface area contributed by atoms with E-state index < -0.39 is 9.71 Å². The first kappa shape index (κ1) is 23.8. The number of thiazole rings is 1. The minimum Gasteiger partial charge on any atom is -0.366 e. The first-order valence-corrected chi connectivity index (χ1v) is 14.5. The number of nitrogens with zero attached hydrogens (tertiary/aromatic N) is 5. The van der Waals surface area contributed by atoms with Gasteiger partial charge in [0.15, 0.2) is 5.13 Å². The van der Waals surface area contributed by atoms with E-state index in [0.717, 1.165) is 57.7 Å². The molecule has 1 aromatic carbocycles. The van der Waals surface area contributed by atoms with Gasteiger partial charge in [-0.1, -0.05) is 17.4 Å². The second-order valence-electron chi connectivity index (χ2n) is 9.07. The Bertz CT molecular complexity index is 1500. The van der Waals surface area contributed by atoms with Gasteiger partial charge in [-0.05, 0) is 56.3 Å². The summed E-state index contributed by atoms with van der Waals surface area (Å²) in [4.78, 5) is 11.7. The van der Waals surface area contributed by atoms with Crippen molar-refractivity contribution in [1.29, 1.82) is 0 Å². The third kappa shape index (κ3) is 4.53. The molecule has 0 bridgehead atoms. The number of piperazine rings is 1. The maximum Gasteiger partial charge on any atom is 0.189 e. The average molecular weight is 510 g/mol. The van der Waals surface area contributed by atoms with Crippen LogP contribution in [0.25, 0.3) is 21.3 Å². The van der Waals surface area contributed by atoms with Gasteiger partial charge in [0.25, 0.3) is 0 Å². The lowest BCUT2D eigenvalue weighted by Crippen LogP contribution is -2.53. The Hall–Kier alpha value is -2.95. The molecule has 5 rings (SSSR count). The van der Waals surface area contributed by atoms with E-state index in [-0.39, 0.29) is 6.04 Å². The Balaban J connectivity index is 1.37. The van der Waals surface area contributed by atoms with Gasteiger partial charge in [-0.2, -0.15) is 5.10 Å². The lowest BCUT2D eigenvalue weighted by Gasteiger charge is -2.41. The van der Waals surface area contributed by atoms with Crippen LogP contribution in [0.5, 0.6) is 0 Å². The van der Waals surface area contributed by atoms with Gasteiger partial charge < -0.3 is 10.2 Å². The van der Waals surface area contributed by atoms with Crippen molar-refractivity contribution in [3.63, 3.8) is 0 Å². The van der Waals surface area contributed by atoms with Gasteiger partial charge in [0.05, 0.1) is 16.4 Å². The van der Waals surface area contributed by atoms with Crippen LogP contribution in [0.2, 0.25) is 0 Å². The number of hydrogen-bond donors (Lipinski definition) is 2. The Labute approximate surface area is 210 Å². The largest absolute Gasteiger partial charge is 0.366 e. The highest BCUT2D eigenvalue weighted by Gasteiger charge is 2.27. The molecule has 0 spiro atoms. The number of nitrogens with one attached hydrogen (secondary N) is 2. The summed E-state index contributed by atoms with van der Waals surface area (Å²) in [6.07, 6.45) is 5.53. The van der Waals surface area contributed by atoms with E-state index in [0.29, 0.717) is 0 Å². The van der Waals surface area contributed by atoms with E-state index in [9.17, 15) is 4.21 Å². The molecule has 35 heavy (non-hydrogen) atoms. The molecule has 8 nitrogen and oxygen atoms in total. The van der Waals surface area contributed by atoms with Crippen LogP contribution in [0.1, 0.15) is 25.1 Å². The number of hydrogen-bond acceptors (Lipinski definition) is 7. The average Bonchev–Trinajstić information content (AvgIpc) is 3.45. The number of aromatic nitrogens is 4. The zero-order valence-corrected chi connectivity index (χ0v) is 22.3. The number of anilines is 3. The fraction of sp³-hybridized carbons (Fsp3) is 0.360. The van der Waals surface area contributed by atoms with E-state index in [1.807, 2.05) is 43.9 Å². The normalized spacial score (nSPS) is 18.5. The Kier molecular flexibility index (Phi) is 6.29. The standard InChI is InChI=1S/C25H31N7OS2/c1-6-35(5,33)31-11-12-32(16(2)15-31)19-9-10-26-23(13-19)29-25-28-22-8-7-20(17(3)24(22)34-25)21-14-27-30-18(21)4/h6-10,13-14,16H,11-12,15H2,1-5H3,(H,27,30)(H,26,28,29). The van der Waals surface area contributed by atoms with Crippen LogP contribution < -0.4 is 10.2 Å². The van der Waals surface area contributed by atoms with Gasteiger partial charge in [0, 0.05) is 70.8 Å². The summed E-state index contributed by atoms with van der Waals surface area (Å²) in [6, 6.07) is 8.53. The summed E-state index contributed by atoms with van der Waals surface area (Å²) in [5.41, 5.74) is 6.61. The molecule has 2 N–H and O–H groups in total. The van der Waals surface area contributed by atoms with E-state index in [4.69, 9.17) is 4.98 Å². The van der Waals surface area contributed by atoms with Gasteiger partial charge in [-0.3, -0.25) is 9.31 Å². The molecule has 184 valence electrons. The van der Waals surface area contributed by atoms with Gasteiger partial charge >= 0.3 is 0 Å². The molecule has 10 heteroatoms. The van der Waals surface area contributed by atoms with Crippen LogP contribution in [0.15, 0.2) is 36.7 Å². The Morgan fingerprint density at radius 2 is 2.06 bits per heavy atom. The summed E-state index contributed by atoms with van der Waals surface area (Å²) >= 11 is 1.63. The number of rotatable bonds is 5. The van der Waals surface area contributed by atoms with Crippen molar-refractivity contribution in [3.05, 3.63) is 47.9 Å². The van der Waals surface area contributed by atoms with Gasteiger partial charge in [-0.25, -0.2) is 14.3 Å². The van der Waals surface area contributed by atoms with Crippen molar-refractivity contribution in [2.75, 3.05) is 36.1 Å². The van der Waals surface area contributed by atoms with Gasteiger partial charge in [-0.15, -0.1) is 0 Å². The van der Waals surface area contributed by atoms with Crippen LogP contribution in [-0.4, -0.2) is 66.0 Å². The molecule has 4 aromatic rings. The zero-order chi connectivity index (χ0) is 24.7. The number of aryl methyl sites for hydroxylation is 2. The second kappa shape index (κ2) is 9.25. The SMILES string of the molecule is CC=S(C)(=O)N1CCN(c2ccnc(Nc3nc4ccc(-c5cn[nH]c5C)c(C)c4s3)c2)C(C)C1. The second-order valence-corrected chi connectivity index (χ2v) is 12.8. The highest BCUT2D eigenvalue weighted by Crippen LogP contribution is 2.36. The number of H-pyrrole nitrogens is 1. The molecular formula is C25H31N7OS2. The molecule has 4 heterocycles. The van der Waals surface area contributed by atoms with Crippen LogP contribution in [0.4, 0.5) is 16.6 Å². The number of fused-ring (bicyclic) bond motifs is 1. The minimum atomic E-state index is -2.05. The molecule has 1 aliphatic heterocycles. The van der Waals surface area contributed by atoms with E-state index in [1.54, 1.807) is 11.3 Å². The summed E-state index contributed by atoms with van der Waals surface area (Å²) in [5, 5.41) is 13.2. The fourth-order valence-corrected chi connectivity index (χ4v) is 6.88. The summed E-state index contributed by atoms with van der Waals surface area (Å²) in [6.45, 7) is 10.6. The summed E-state index contributed by atoms with van der Waals surface area (Å²) in [5.74, 6) is 0.765. The molecule has 3 aromatic heterocycles. The van der Waals surface area contributed by atoms with Crippen molar-refractivity contribution in [1.82, 2.24) is 24.5 Å².